The molecule has 1 saturated heterocycles. The number of hydrogen-bond acceptors (Lipinski definition) is 3. The Kier molecular flexibility index (Phi) is 4.74. The van der Waals surface area contributed by atoms with E-state index in [0.717, 1.165) is 13.1 Å². The van der Waals surface area contributed by atoms with Crippen LogP contribution in [-0.4, -0.2) is 77.6 Å². The zero-order valence-electron chi connectivity index (χ0n) is 10.7. The third-order valence-corrected chi connectivity index (χ3v) is 3.01. The number of aliphatic carboxylic acids is 1. The quantitative estimate of drug-likeness (QED) is 0.766. The number of rotatable bonds is 3. The van der Waals surface area contributed by atoms with Crippen LogP contribution in [0.2, 0.25) is 0 Å². The Morgan fingerprint density at radius 1 is 1.24 bits per heavy atom. The Morgan fingerprint density at radius 2 is 1.76 bits per heavy atom. The number of piperazine rings is 1. The number of urea groups is 1. The molecule has 1 rings (SSSR count). The highest BCUT2D eigenvalue weighted by Crippen LogP contribution is 2.07. The summed E-state index contributed by atoms with van der Waals surface area (Å²) in [6.07, 6.45) is 0. The first-order valence-electron chi connectivity index (χ1n) is 5.87. The Labute approximate surface area is 102 Å². The molecule has 0 spiro atoms. The molecule has 1 aliphatic heterocycles. The van der Waals surface area contributed by atoms with Crippen LogP contribution in [0.4, 0.5) is 4.79 Å². The summed E-state index contributed by atoms with van der Waals surface area (Å²) in [5, 5.41) is 8.63. The van der Waals surface area contributed by atoms with Crippen molar-refractivity contribution >= 4 is 12.0 Å². The first kappa shape index (κ1) is 13.8. The number of carboxylic acids is 1. The van der Waals surface area contributed by atoms with Crippen LogP contribution in [0, 0.1) is 0 Å². The molecule has 6 nitrogen and oxygen atoms in total. The van der Waals surface area contributed by atoms with E-state index in [1.54, 1.807) is 4.90 Å². The van der Waals surface area contributed by atoms with Crippen molar-refractivity contribution in [2.24, 2.45) is 0 Å². The highest BCUT2D eigenvalue weighted by atomic mass is 16.4. The average Bonchev–Trinajstić information content (AvgIpc) is 2.27. The van der Waals surface area contributed by atoms with Crippen LogP contribution >= 0.6 is 0 Å². The van der Waals surface area contributed by atoms with Crippen LogP contribution < -0.4 is 0 Å². The maximum absolute atomic E-state index is 11.9. The first-order chi connectivity index (χ1) is 7.91. The van der Waals surface area contributed by atoms with Crippen molar-refractivity contribution in [1.82, 2.24) is 14.7 Å². The van der Waals surface area contributed by atoms with Crippen LogP contribution in [0.1, 0.15) is 13.8 Å². The molecule has 2 amide bonds. The van der Waals surface area contributed by atoms with Crippen molar-refractivity contribution in [2.45, 2.75) is 19.9 Å². The van der Waals surface area contributed by atoms with Gasteiger partial charge in [0.2, 0.25) is 0 Å². The fourth-order valence-corrected chi connectivity index (χ4v) is 1.94. The fraction of sp³-hybridized carbons (Fsp3) is 0.818. The van der Waals surface area contributed by atoms with Crippen molar-refractivity contribution in [3.8, 4) is 0 Å². The van der Waals surface area contributed by atoms with Crippen LogP contribution in [0.3, 0.4) is 0 Å². The molecule has 6 heteroatoms. The van der Waals surface area contributed by atoms with Crippen LogP contribution in [0.25, 0.3) is 0 Å². The Morgan fingerprint density at radius 3 is 2.18 bits per heavy atom. The van der Waals surface area contributed by atoms with E-state index in [2.05, 4.69) is 18.7 Å². The van der Waals surface area contributed by atoms with E-state index >= 15 is 0 Å². The molecule has 1 fully saturated rings. The third-order valence-electron chi connectivity index (χ3n) is 3.01. The van der Waals surface area contributed by atoms with Gasteiger partial charge in [0.05, 0.1) is 0 Å². The fourth-order valence-electron chi connectivity index (χ4n) is 1.94. The molecule has 1 heterocycles. The van der Waals surface area contributed by atoms with Gasteiger partial charge in [-0.25, -0.2) is 4.79 Å². The average molecular weight is 243 g/mol. The number of amides is 2. The van der Waals surface area contributed by atoms with E-state index < -0.39 is 5.97 Å². The summed E-state index contributed by atoms with van der Waals surface area (Å²) in [7, 11) is 1.52. The zero-order valence-corrected chi connectivity index (χ0v) is 10.7. The van der Waals surface area contributed by atoms with E-state index in [9.17, 15) is 9.59 Å². The lowest BCUT2D eigenvalue weighted by atomic mass is 10.2. The Bertz CT molecular complexity index is 286. The molecule has 0 aromatic rings. The number of carboxylic acid groups (broad SMARTS) is 1. The topological polar surface area (TPSA) is 64.1 Å². The van der Waals surface area contributed by atoms with Gasteiger partial charge < -0.3 is 14.9 Å². The molecule has 0 bridgehead atoms. The standard InChI is InChI=1S/C11H21N3O3/c1-9(2)13-4-6-14(7-5-13)11(17)12(3)8-10(15)16/h9H,4-8H2,1-3H3,(H,15,16). The molecule has 0 unspecified atom stereocenters. The maximum atomic E-state index is 11.9. The Hall–Kier alpha value is -1.30. The number of likely N-dealkylation sites (N-methyl/N-ethyl adjacent to an activating group) is 1. The summed E-state index contributed by atoms with van der Waals surface area (Å²) < 4.78 is 0. The summed E-state index contributed by atoms with van der Waals surface area (Å²) >= 11 is 0. The lowest BCUT2D eigenvalue weighted by Crippen LogP contribution is -2.54. The second kappa shape index (κ2) is 5.86. The molecular formula is C11H21N3O3. The van der Waals surface area contributed by atoms with Gasteiger partial charge >= 0.3 is 12.0 Å². The largest absolute Gasteiger partial charge is 0.480 e. The van der Waals surface area contributed by atoms with Crippen LogP contribution in [0.15, 0.2) is 0 Å². The van der Waals surface area contributed by atoms with E-state index in [0.29, 0.717) is 19.1 Å². The van der Waals surface area contributed by atoms with Gasteiger partial charge in [0, 0.05) is 39.3 Å². The number of nitrogens with zero attached hydrogens (tertiary/aromatic N) is 3. The van der Waals surface area contributed by atoms with Gasteiger partial charge in [0.25, 0.3) is 0 Å². The highest BCUT2D eigenvalue weighted by molar-refractivity contribution is 5.80. The first-order valence-corrected chi connectivity index (χ1v) is 5.87. The van der Waals surface area contributed by atoms with E-state index in [1.165, 1.54) is 11.9 Å². The van der Waals surface area contributed by atoms with Crippen molar-refractivity contribution in [2.75, 3.05) is 39.8 Å². The summed E-state index contributed by atoms with van der Waals surface area (Å²) in [5.41, 5.74) is 0. The molecule has 1 aliphatic rings. The van der Waals surface area contributed by atoms with Gasteiger partial charge in [0.15, 0.2) is 0 Å². The van der Waals surface area contributed by atoms with Crippen molar-refractivity contribution < 1.29 is 14.7 Å². The summed E-state index contributed by atoms with van der Waals surface area (Å²) in [5.74, 6) is -0.985. The van der Waals surface area contributed by atoms with E-state index in [4.69, 9.17) is 5.11 Å². The molecular weight excluding hydrogens is 222 g/mol. The molecule has 0 aromatic heterocycles. The summed E-state index contributed by atoms with van der Waals surface area (Å²) in [6.45, 7) is 7.06. The van der Waals surface area contributed by atoms with E-state index in [1.807, 2.05) is 0 Å². The zero-order chi connectivity index (χ0) is 13.0. The van der Waals surface area contributed by atoms with Gasteiger partial charge in [-0.3, -0.25) is 9.69 Å². The predicted octanol–water partition coefficient (Wildman–Crippen LogP) is 0.149. The van der Waals surface area contributed by atoms with Crippen LogP contribution in [0.5, 0.6) is 0 Å². The molecule has 0 radical (unpaired) electrons. The molecule has 0 aliphatic carbocycles. The normalized spacial score (nSPS) is 17.3. The number of carbonyl (C=O) groups excluding carboxylic acids is 1. The predicted molar refractivity (Wildman–Crippen MR) is 63.9 cm³/mol. The smallest absolute Gasteiger partial charge is 0.323 e. The molecule has 0 aromatic carbocycles. The molecule has 0 atom stereocenters. The van der Waals surface area contributed by atoms with Gasteiger partial charge in [0.1, 0.15) is 6.54 Å². The summed E-state index contributed by atoms with van der Waals surface area (Å²) in [4.78, 5) is 27.7. The summed E-state index contributed by atoms with van der Waals surface area (Å²) in [6, 6.07) is 0.291. The van der Waals surface area contributed by atoms with Crippen LogP contribution in [-0.2, 0) is 4.79 Å². The third kappa shape index (κ3) is 3.89. The number of carbonyl (C=O) groups is 2. The minimum absolute atomic E-state index is 0.198. The van der Waals surface area contributed by atoms with Crippen molar-refractivity contribution in [1.29, 1.82) is 0 Å². The molecule has 0 saturated carbocycles. The maximum Gasteiger partial charge on any atom is 0.323 e. The SMILES string of the molecule is CC(C)N1CCN(C(=O)N(C)CC(=O)O)CC1. The highest BCUT2D eigenvalue weighted by Gasteiger charge is 2.25. The second-order valence-corrected chi connectivity index (χ2v) is 4.65. The molecule has 1 N–H and O–H groups in total. The van der Waals surface area contributed by atoms with Gasteiger partial charge in [-0.15, -0.1) is 0 Å². The second-order valence-electron chi connectivity index (χ2n) is 4.65. The molecule has 98 valence electrons. The van der Waals surface area contributed by atoms with E-state index in [-0.39, 0.29) is 12.6 Å². The number of hydrogen-bond donors (Lipinski definition) is 1. The lowest BCUT2D eigenvalue weighted by molar-refractivity contribution is -0.137. The Balaban J connectivity index is 2.43. The minimum Gasteiger partial charge on any atom is -0.480 e. The molecule has 17 heavy (non-hydrogen) atoms. The van der Waals surface area contributed by atoms with Gasteiger partial charge in [-0.2, -0.15) is 0 Å². The van der Waals surface area contributed by atoms with Crippen molar-refractivity contribution in [3.05, 3.63) is 0 Å². The monoisotopic (exact) mass is 243 g/mol. The van der Waals surface area contributed by atoms with Gasteiger partial charge in [-0.1, -0.05) is 0 Å². The van der Waals surface area contributed by atoms with Crippen molar-refractivity contribution in [3.63, 3.8) is 0 Å². The minimum atomic E-state index is -0.985. The lowest BCUT2D eigenvalue weighted by Gasteiger charge is -2.38. The van der Waals surface area contributed by atoms with Gasteiger partial charge in [-0.05, 0) is 13.8 Å².